The van der Waals surface area contributed by atoms with Crippen molar-refractivity contribution in [2.24, 2.45) is 0 Å². The minimum atomic E-state index is -1.12. The van der Waals surface area contributed by atoms with Gasteiger partial charge in [-0.25, -0.2) is 9.78 Å². The monoisotopic (exact) mass is 277 g/mol. The van der Waals surface area contributed by atoms with Crippen molar-refractivity contribution in [1.82, 2.24) is 9.97 Å². The van der Waals surface area contributed by atoms with Crippen molar-refractivity contribution < 1.29 is 14.7 Å². The van der Waals surface area contributed by atoms with E-state index in [0.717, 1.165) is 0 Å². The van der Waals surface area contributed by atoms with Crippen LogP contribution in [-0.2, 0) is 0 Å². The zero-order valence-corrected chi connectivity index (χ0v) is 10.3. The summed E-state index contributed by atoms with van der Waals surface area (Å²) in [5.74, 6) is -1.61. The number of hydrogen-bond acceptors (Lipinski definition) is 4. The first kappa shape index (κ1) is 13.0. The molecule has 1 amide bonds. The number of carbonyl (C=O) groups excluding carboxylic acids is 1. The van der Waals surface area contributed by atoms with Gasteiger partial charge in [-0.2, -0.15) is 0 Å². The number of carboxylic acid groups (broad SMARTS) is 1. The Bertz CT molecular complexity index is 646. The van der Waals surface area contributed by atoms with E-state index in [4.69, 9.17) is 16.7 Å². The number of aromatic nitrogens is 2. The van der Waals surface area contributed by atoms with Gasteiger partial charge in [0.1, 0.15) is 10.8 Å². The summed E-state index contributed by atoms with van der Waals surface area (Å²) in [5.41, 5.74) is 0.386. The fraction of sp³-hybridized carbons (Fsp3) is 0. The largest absolute Gasteiger partial charge is 0.478 e. The van der Waals surface area contributed by atoms with E-state index in [2.05, 4.69) is 15.3 Å². The topological polar surface area (TPSA) is 92.2 Å². The normalized spacial score (nSPS) is 9.95. The lowest BCUT2D eigenvalue weighted by Crippen LogP contribution is -2.14. The fourth-order valence-corrected chi connectivity index (χ4v) is 1.52. The number of pyridine rings is 2. The smallest absolute Gasteiger partial charge is 0.337 e. The number of halogens is 1. The van der Waals surface area contributed by atoms with E-state index < -0.39 is 11.9 Å². The lowest BCUT2D eigenvalue weighted by Gasteiger charge is -2.05. The average molecular weight is 278 g/mol. The summed E-state index contributed by atoms with van der Waals surface area (Å²) in [4.78, 5) is 30.2. The molecule has 96 valence electrons. The Hall–Kier alpha value is -2.47. The van der Waals surface area contributed by atoms with Crippen LogP contribution in [0, 0.1) is 0 Å². The first-order chi connectivity index (χ1) is 9.06. The van der Waals surface area contributed by atoms with Gasteiger partial charge in [-0.05, 0) is 18.2 Å². The molecule has 2 N–H and O–H groups in total. The Kier molecular flexibility index (Phi) is 3.72. The van der Waals surface area contributed by atoms with Crippen molar-refractivity contribution in [3.63, 3.8) is 0 Å². The number of carboxylic acids is 1. The van der Waals surface area contributed by atoms with Crippen molar-refractivity contribution in [3.8, 4) is 0 Å². The molecule has 19 heavy (non-hydrogen) atoms. The molecule has 0 spiro atoms. The van der Waals surface area contributed by atoms with E-state index in [9.17, 15) is 9.59 Å². The van der Waals surface area contributed by atoms with Crippen molar-refractivity contribution in [1.29, 1.82) is 0 Å². The predicted molar refractivity (Wildman–Crippen MR) is 68.4 cm³/mol. The number of rotatable bonds is 3. The maximum Gasteiger partial charge on any atom is 0.337 e. The first-order valence-electron chi connectivity index (χ1n) is 5.18. The molecule has 2 rings (SSSR count). The second kappa shape index (κ2) is 5.45. The zero-order chi connectivity index (χ0) is 13.8. The molecule has 0 bridgehead atoms. The molecule has 2 heterocycles. The molecule has 0 radical (unpaired) electrons. The highest BCUT2D eigenvalue weighted by Crippen LogP contribution is 2.11. The number of nitrogens with one attached hydrogen (secondary N) is 1. The van der Waals surface area contributed by atoms with Crippen LogP contribution in [0.5, 0.6) is 0 Å². The Morgan fingerprint density at radius 1 is 1.26 bits per heavy atom. The molecule has 6 nitrogen and oxygen atoms in total. The highest BCUT2D eigenvalue weighted by atomic mass is 35.5. The Morgan fingerprint density at radius 2 is 2.05 bits per heavy atom. The molecule has 2 aromatic heterocycles. The van der Waals surface area contributed by atoms with Crippen LogP contribution >= 0.6 is 11.6 Å². The van der Waals surface area contributed by atoms with Gasteiger partial charge in [-0.15, -0.1) is 0 Å². The molecule has 7 heteroatoms. The first-order valence-corrected chi connectivity index (χ1v) is 5.56. The minimum Gasteiger partial charge on any atom is -0.478 e. The lowest BCUT2D eigenvalue weighted by molar-refractivity contribution is 0.0696. The van der Waals surface area contributed by atoms with Gasteiger partial charge < -0.3 is 10.4 Å². The predicted octanol–water partition coefficient (Wildman–Crippen LogP) is 2.08. The lowest BCUT2D eigenvalue weighted by atomic mass is 10.2. The third-order valence-corrected chi connectivity index (χ3v) is 2.40. The van der Waals surface area contributed by atoms with Crippen molar-refractivity contribution >= 4 is 29.2 Å². The van der Waals surface area contributed by atoms with Crippen LogP contribution in [0.3, 0.4) is 0 Å². The molecular weight excluding hydrogens is 270 g/mol. The maximum atomic E-state index is 11.8. The number of amides is 1. The molecular formula is C12H8ClN3O3. The van der Waals surface area contributed by atoms with Gasteiger partial charge in [-0.3, -0.25) is 9.78 Å². The van der Waals surface area contributed by atoms with Crippen LogP contribution in [0.1, 0.15) is 20.8 Å². The van der Waals surface area contributed by atoms with Gasteiger partial charge in [0.2, 0.25) is 0 Å². The van der Waals surface area contributed by atoms with E-state index >= 15 is 0 Å². The summed E-state index contributed by atoms with van der Waals surface area (Å²) in [5, 5.41) is 11.5. The molecule has 0 aliphatic heterocycles. The summed E-state index contributed by atoms with van der Waals surface area (Å²) in [7, 11) is 0. The fourth-order valence-electron chi connectivity index (χ4n) is 1.36. The number of anilines is 1. The van der Waals surface area contributed by atoms with Crippen molar-refractivity contribution in [2.45, 2.75) is 0 Å². The van der Waals surface area contributed by atoms with Gasteiger partial charge in [0.15, 0.2) is 0 Å². The van der Waals surface area contributed by atoms with E-state index in [1.807, 2.05) is 0 Å². The molecule has 0 aromatic carbocycles. The maximum absolute atomic E-state index is 11.8. The second-order valence-corrected chi connectivity index (χ2v) is 3.95. The van der Waals surface area contributed by atoms with E-state index in [1.54, 1.807) is 12.1 Å². The number of hydrogen-bond donors (Lipinski definition) is 2. The third-order valence-electron chi connectivity index (χ3n) is 2.19. The number of carbonyl (C=O) groups is 2. The van der Waals surface area contributed by atoms with Crippen molar-refractivity contribution in [3.05, 3.63) is 53.1 Å². The van der Waals surface area contributed by atoms with Crippen molar-refractivity contribution in [2.75, 3.05) is 5.32 Å². The number of aromatic carboxylic acids is 1. The molecule has 0 saturated heterocycles. The summed E-state index contributed by atoms with van der Waals surface area (Å²) in [6.07, 6.45) is 2.53. The van der Waals surface area contributed by atoms with Crippen LogP contribution < -0.4 is 5.32 Å². The quantitative estimate of drug-likeness (QED) is 0.838. The van der Waals surface area contributed by atoms with Crippen LogP contribution in [0.25, 0.3) is 0 Å². The van der Waals surface area contributed by atoms with Crippen LogP contribution in [0.4, 0.5) is 5.69 Å². The molecule has 0 saturated carbocycles. The molecule has 0 unspecified atom stereocenters. The highest BCUT2D eigenvalue weighted by molar-refractivity contribution is 6.29. The summed E-state index contributed by atoms with van der Waals surface area (Å²) >= 11 is 5.68. The molecule has 0 fully saturated rings. The van der Waals surface area contributed by atoms with Gasteiger partial charge in [-0.1, -0.05) is 17.7 Å². The Labute approximate surface area is 113 Å². The van der Waals surface area contributed by atoms with E-state index in [1.165, 1.54) is 24.5 Å². The van der Waals surface area contributed by atoms with Crippen LogP contribution in [0.15, 0.2) is 36.7 Å². The standard InChI is InChI=1S/C12H8ClN3O3/c13-10-3-1-2-9(16-10)11(17)15-8-4-7(12(18)19)5-14-6-8/h1-6H,(H,15,17)(H,18,19). The number of nitrogens with zero attached hydrogens (tertiary/aromatic N) is 2. The van der Waals surface area contributed by atoms with Gasteiger partial charge in [0.25, 0.3) is 5.91 Å². The summed E-state index contributed by atoms with van der Waals surface area (Å²) < 4.78 is 0. The summed E-state index contributed by atoms with van der Waals surface area (Å²) in [6, 6.07) is 5.94. The van der Waals surface area contributed by atoms with Gasteiger partial charge >= 0.3 is 5.97 Å². The van der Waals surface area contributed by atoms with Gasteiger partial charge in [0.05, 0.1) is 17.4 Å². The third kappa shape index (κ3) is 3.26. The highest BCUT2D eigenvalue weighted by Gasteiger charge is 2.10. The van der Waals surface area contributed by atoms with Gasteiger partial charge in [0, 0.05) is 6.20 Å². The van der Waals surface area contributed by atoms with Crippen LogP contribution in [-0.4, -0.2) is 27.0 Å². The summed E-state index contributed by atoms with van der Waals surface area (Å²) in [6.45, 7) is 0. The second-order valence-electron chi connectivity index (χ2n) is 3.57. The minimum absolute atomic E-state index is 0.0168. The zero-order valence-electron chi connectivity index (χ0n) is 9.50. The molecule has 0 atom stereocenters. The Morgan fingerprint density at radius 3 is 2.74 bits per heavy atom. The molecule has 0 aliphatic carbocycles. The Balaban J connectivity index is 2.19. The van der Waals surface area contributed by atoms with E-state index in [-0.39, 0.29) is 22.1 Å². The molecule has 2 aromatic rings. The SMILES string of the molecule is O=C(O)c1cncc(NC(=O)c2cccc(Cl)n2)c1. The van der Waals surface area contributed by atoms with Crippen LogP contribution in [0.2, 0.25) is 5.15 Å². The van der Waals surface area contributed by atoms with E-state index in [0.29, 0.717) is 0 Å². The average Bonchev–Trinajstić information content (AvgIpc) is 2.39. The molecule has 0 aliphatic rings.